The van der Waals surface area contributed by atoms with Crippen LogP contribution in [0.15, 0.2) is 60.2 Å². The number of piperidine rings is 1. The van der Waals surface area contributed by atoms with Gasteiger partial charge in [-0.1, -0.05) is 24.6 Å². The molecule has 1 aliphatic carbocycles. The summed E-state index contributed by atoms with van der Waals surface area (Å²) in [5, 5.41) is 7.10. The maximum atomic E-state index is 13.7. The van der Waals surface area contributed by atoms with E-state index in [1.807, 2.05) is 35.0 Å². The van der Waals surface area contributed by atoms with Crippen LogP contribution in [-0.2, 0) is 14.8 Å². The zero-order valence-corrected chi connectivity index (χ0v) is 23.7. The minimum Gasteiger partial charge on any atom is -0.379 e. The van der Waals surface area contributed by atoms with E-state index in [1.54, 1.807) is 6.07 Å². The van der Waals surface area contributed by atoms with Crippen molar-refractivity contribution in [3.05, 3.63) is 71.5 Å². The summed E-state index contributed by atoms with van der Waals surface area (Å²) in [4.78, 5) is 23.5. The molecule has 2 aromatic heterocycles. The van der Waals surface area contributed by atoms with Crippen LogP contribution in [0.1, 0.15) is 54.2 Å². The molecule has 5 heterocycles. The Hall–Kier alpha value is -3.54. The second-order valence-corrected chi connectivity index (χ2v) is 12.9. The lowest BCUT2D eigenvalue weighted by Crippen LogP contribution is -2.49. The molecule has 11 heteroatoms. The molecule has 0 unspecified atom stereocenters. The van der Waals surface area contributed by atoms with Crippen LogP contribution in [-0.4, -0.2) is 83.7 Å². The van der Waals surface area contributed by atoms with Crippen molar-refractivity contribution in [2.45, 2.75) is 44.1 Å². The van der Waals surface area contributed by atoms with Crippen molar-refractivity contribution in [1.29, 1.82) is 0 Å². The van der Waals surface area contributed by atoms with Crippen LogP contribution in [0.3, 0.4) is 0 Å². The van der Waals surface area contributed by atoms with Crippen LogP contribution < -0.4 is 4.90 Å². The van der Waals surface area contributed by atoms with E-state index < -0.39 is 15.9 Å². The van der Waals surface area contributed by atoms with Crippen LogP contribution in [0.4, 0.5) is 5.69 Å². The van der Waals surface area contributed by atoms with Gasteiger partial charge in [-0.3, -0.25) is 9.69 Å². The number of pyridine rings is 1. The van der Waals surface area contributed by atoms with Gasteiger partial charge in [-0.05, 0) is 56.0 Å². The van der Waals surface area contributed by atoms with Crippen LogP contribution in [0.5, 0.6) is 0 Å². The number of nitrogens with zero attached hydrogens (tertiary/aromatic N) is 6. The van der Waals surface area contributed by atoms with E-state index in [1.165, 1.54) is 24.8 Å². The molecule has 1 saturated carbocycles. The fraction of sp³-hybridized carbons (Fsp3) is 0.433. The Labute approximate surface area is 239 Å². The average Bonchev–Trinajstić information content (AvgIpc) is 3.35. The van der Waals surface area contributed by atoms with Crippen molar-refractivity contribution in [1.82, 2.24) is 24.0 Å². The number of anilines is 1. The highest BCUT2D eigenvalue weighted by Crippen LogP contribution is 2.43. The molecule has 4 aliphatic rings. The van der Waals surface area contributed by atoms with E-state index in [0.29, 0.717) is 17.6 Å². The third-order valence-corrected chi connectivity index (χ3v) is 10.1. The summed E-state index contributed by atoms with van der Waals surface area (Å²) in [7, 11) is -3.92. The minimum absolute atomic E-state index is 0.0866. The van der Waals surface area contributed by atoms with Crippen molar-refractivity contribution in [3.63, 3.8) is 0 Å². The lowest BCUT2D eigenvalue weighted by molar-refractivity contribution is 0.0115. The van der Waals surface area contributed by atoms with Gasteiger partial charge in [-0.15, -0.1) is 0 Å². The first-order chi connectivity index (χ1) is 20.0. The van der Waals surface area contributed by atoms with Gasteiger partial charge in [-0.25, -0.2) is 22.4 Å². The van der Waals surface area contributed by atoms with Gasteiger partial charge < -0.3 is 9.64 Å². The second kappa shape index (κ2) is 10.7. The Morgan fingerprint density at radius 2 is 1.71 bits per heavy atom. The smallest absolute Gasteiger partial charge is 0.290 e. The molecule has 0 radical (unpaired) electrons. The third kappa shape index (κ3) is 4.85. The largest absolute Gasteiger partial charge is 0.379 e. The van der Waals surface area contributed by atoms with Crippen molar-refractivity contribution < 1.29 is 17.9 Å². The Morgan fingerprint density at radius 3 is 2.39 bits per heavy atom. The number of carbonyl (C=O) groups excluding carboxylic acids is 1. The molecule has 41 heavy (non-hydrogen) atoms. The first kappa shape index (κ1) is 26.4. The number of hydrogen-bond acceptors (Lipinski definition) is 8. The number of allylic oxidation sites excluding steroid dienone is 2. The summed E-state index contributed by atoms with van der Waals surface area (Å²) in [5.41, 5.74) is 3.45. The quantitative estimate of drug-likeness (QED) is 0.454. The number of carbonyl (C=O) groups is 1. The molecule has 10 nitrogen and oxygen atoms in total. The normalized spacial score (nSPS) is 21.9. The van der Waals surface area contributed by atoms with Crippen LogP contribution in [0.25, 0.3) is 16.7 Å². The zero-order valence-electron chi connectivity index (χ0n) is 22.9. The Kier molecular flexibility index (Phi) is 6.88. The van der Waals surface area contributed by atoms with Gasteiger partial charge in [0.15, 0.2) is 5.65 Å². The molecule has 214 valence electrons. The fourth-order valence-corrected chi connectivity index (χ4v) is 7.32. The molecule has 0 bridgehead atoms. The molecule has 1 aromatic carbocycles. The number of aromatic nitrogens is 3. The molecule has 1 amide bonds. The Morgan fingerprint density at radius 1 is 0.951 bits per heavy atom. The van der Waals surface area contributed by atoms with Crippen molar-refractivity contribution >= 4 is 32.7 Å². The highest BCUT2D eigenvalue weighted by Gasteiger charge is 2.34. The molecule has 7 rings (SSSR count). The summed E-state index contributed by atoms with van der Waals surface area (Å²) in [5.74, 6) is -0.339. The van der Waals surface area contributed by atoms with Crippen LogP contribution in [0, 0.1) is 0 Å². The van der Waals surface area contributed by atoms with Gasteiger partial charge in [0.2, 0.25) is 0 Å². The van der Waals surface area contributed by atoms with Gasteiger partial charge in [0.05, 0.1) is 41.1 Å². The summed E-state index contributed by atoms with van der Waals surface area (Å²) < 4.78 is 33.7. The van der Waals surface area contributed by atoms with E-state index in [9.17, 15) is 13.2 Å². The Balaban J connectivity index is 1.34. The van der Waals surface area contributed by atoms with Crippen molar-refractivity contribution in [2.75, 3.05) is 44.3 Å². The average molecular weight is 575 g/mol. The SMILES string of the molecule is O=C(c1cc(N2CCC(N3CCOCC3)CC2)c2c(C3CCC3)nn(-c3ccccc3)c2n1)N1C=CC=CS1(=O)=O. The van der Waals surface area contributed by atoms with Crippen LogP contribution in [0.2, 0.25) is 0 Å². The maximum Gasteiger partial charge on any atom is 0.290 e. The predicted molar refractivity (Wildman–Crippen MR) is 156 cm³/mol. The molecule has 2 saturated heterocycles. The van der Waals surface area contributed by atoms with E-state index in [2.05, 4.69) is 9.80 Å². The highest BCUT2D eigenvalue weighted by molar-refractivity contribution is 7.92. The molecule has 0 N–H and O–H groups in total. The molecular formula is C30H34N6O4S. The summed E-state index contributed by atoms with van der Waals surface area (Å²) >= 11 is 0. The number of amides is 1. The molecule has 0 spiro atoms. The predicted octanol–water partition coefficient (Wildman–Crippen LogP) is 3.80. The monoisotopic (exact) mass is 574 g/mol. The van der Waals surface area contributed by atoms with Gasteiger partial charge in [-0.2, -0.15) is 5.10 Å². The van der Waals surface area contributed by atoms with Gasteiger partial charge in [0.1, 0.15) is 5.69 Å². The summed E-state index contributed by atoms with van der Waals surface area (Å²) in [6.45, 7) is 5.15. The van der Waals surface area contributed by atoms with E-state index >= 15 is 0 Å². The van der Waals surface area contributed by atoms with Gasteiger partial charge >= 0.3 is 0 Å². The fourth-order valence-electron chi connectivity index (χ4n) is 6.33. The second-order valence-electron chi connectivity index (χ2n) is 11.2. The number of hydrogen-bond donors (Lipinski definition) is 0. The van der Waals surface area contributed by atoms with Gasteiger partial charge in [0.25, 0.3) is 15.9 Å². The number of ether oxygens (including phenoxy) is 1. The number of morpholine rings is 1. The van der Waals surface area contributed by atoms with Crippen molar-refractivity contribution in [3.8, 4) is 5.69 Å². The molecular weight excluding hydrogens is 540 g/mol. The maximum absolute atomic E-state index is 13.7. The third-order valence-electron chi connectivity index (χ3n) is 8.78. The summed E-state index contributed by atoms with van der Waals surface area (Å²) in [6.07, 6.45) is 9.56. The topological polar surface area (TPSA) is 101 Å². The van der Waals surface area contributed by atoms with E-state index in [4.69, 9.17) is 14.8 Å². The molecule has 3 fully saturated rings. The number of rotatable bonds is 5. The first-order valence-corrected chi connectivity index (χ1v) is 16.0. The number of benzene rings is 1. The minimum atomic E-state index is -3.92. The standard InChI is InChI=1S/C30H34N6O4S/c37-30(35-13-4-5-20-41(35,38)39)25-21-26(34-14-11-23(12-15-34)33-16-18-40-19-17-33)27-28(22-7-6-8-22)32-36(29(27)31-25)24-9-2-1-3-10-24/h1-5,9-10,13,20-23H,6-8,11-12,14-19H2. The zero-order chi connectivity index (χ0) is 28.0. The lowest BCUT2D eigenvalue weighted by atomic mass is 9.82. The summed E-state index contributed by atoms with van der Waals surface area (Å²) in [6, 6.07) is 12.1. The first-order valence-electron chi connectivity index (χ1n) is 14.5. The number of fused-ring (bicyclic) bond motifs is 1. The highest BCUT2D eigenvalue weighted by atomic mass is 32.2. The molecule has 3 aromatic rings. The molecule has 0 atom stereocenters. The number of sulfonamides is 1. The van der Waals surface area contributed by atoms with E-state index in [-0.39, 0.29) is 5.69 Å². The van der Waals surface area contributed by atoms with E-state index in [0.717, 1.165) is 97.2 Å². The van der Waals surface area contributed by atoms with Crippen LogP contribution >= 0.6 is 0 Å². The Bertz CT molecular complexity index is 1620. The number of para-hydroxylation sites is 1. The molecule has 3 aliphatic heterocycles. The van der Waals surface area contributed by atoms with Crippen molar-refractivity contribution in [2.24, 2.45) is 0 Å². The lowest BCUT2D eigenvalue weighted by Gasteiger charge is -2.41. The van der Waals surface area contributed by atoms with Gasteiger partial charge in [0, 0.05) is 44.3 Å².